The van der Waals surface area contributed by atoms with Crippen molar-refractivity contribution in [3.05, 3.63) is 70.6 Å². The Morgan fingerprint density at radius 3 is 2.88 bits per heavy atom. The normalized spacial score (nSPS) is 10.9. The van der Waals surface area contributed by atoms with E-state index in [4.69, 9.17) is 11.6 Å². The molecule has 2 N–H and O–H groups in total. The lowest BCUT2D eigenvalue weighted by Crippen LogP contribution is -2.23. The Kier molecular flexibility index (Phi) is 4.21. The molecule has 0 saturated carbocycles. The highest BCUT2D eigenvalue weighted by atomic mass is 35.5. The molecule has 1 amide bonds. The van der Waals surface area contributed by atoms with E-state index in [2.05, 4.69) is 20.3 Å². The Labute approximate surface area is 152 Å². The van der Waals surface area contributed by atoms with E-state index in [1.54, 1.807) is 35.9 Å². The number of fused-ring (bicyclic) bond motifs is 1. The largest absolute Gasteiger partial charge is 0.349 e. The average Bonchev–Trinajstić information content (AvgIpc) is 3.28. The molecule has 3 aromatic heterocycles. The number of para-hydroxylation sites is 1. The number of hydrogen-bond donors (Lipinski definition) is 2. The fraction of sp³-hybridized carbons (Fsp3) is 0.0556. The Morgan fingerprint density at radius 2 is 2.08 bits per heavy atom. The van der Waals surface area contributed by atoms with Gasteiger partial charge in [-0.15, -0.1) is 11.3 Å². The number of hydrogen-bond acceptors (Lipinski definition) is 4. The van der Waals surface area contributed by atoms with Crippen molar-refractivity contribution >= 4 is 39.7 Å². The van der Waals surface area contributed by atoms with Crippen molar-refractivity contribution in [2.24, 2.45) is 0 Å². The molecule has 4 rings (SSSR count). The number of benzene rings is 1. The van der Waals surface area contributed by atoms with Gasteiger partial charge in [0.05, 0.1) is 22.8 Å². The van der Waals surface area contributed by atoms with Crippen molar-refractivity contribution in [2.45, 2.75) is 6.54 Å². The standard InChI is InChI=1S/C18H13ClN4OS/c19-14-3-1-2-12-8-15(23-16(12)14)17(24)21-9-13-10-25-18(22-13)11-4-6-20-7-5-11/h1-8,10,23H,9H2,(H,21,24). The van der Waals surface area contributed by atoms with E-state index in [9.17, 15) is 4.79 Å². The van der Waals surface area contributed by atoms with Gasteiger partial charge in [0.1, 0.15) is 10.7 Å². The molecule has 4 aromatic rings. The van der Waals surface area contributed by atoms with Crippen LogP contribution in [0.2, 0.25) is 5.02 Å². The first-order valence-corrected chi connectivity index (χ1v) is 8.87. The molecule has 0 atom stereocenters. The molecule has 0 unspecified atom stereocenters. The second-order valence-corrected chi connectivity index (χ2v) is 6.71. The number of H-pyrrole nitrogens is 1. The molecule has 0 radical (unpaired) electrons. The van der Waals surface area contributed by atoms with Crippen LogP contribution in [-0.4, -0.2) is 20.9 Å². The van der Waals surface area contributed by atoms with E-state index in [-0.39, 0.29) is 5.91 Å². The van der Waals surface area contributed by atoms with Crippen molar-refractivity contribution in [1.82, 2.24) is 20.3 Å². The van der Waals surface area contributed by atoms with Crippen LogP contribution in [0.5, 0.6) is 0 Å². The molecule has 7 heteroatoms. The van der Waals surface area contributed by atoms with E-state index in [0.717, 1.165) is 27.2 Å². The minimum atomic E-state index is -0.189. The van der Waals surface area contributed by atoms with Gasteiger partial charge in [-0.3, -0.25) is 9.78 Å². The zero-order chi connectivity index (χ0) is 17.2. The fourth-order valence-corrected chi connectivity index (χ4v) is 3.58. The molecule has 1 aromatic carbocycles. The monoisotopic (exact) mass is 368 g/mol. The maximum atomic E-state index is 12.4. The van der Waals surface area contributed by atoms with Gasteiger partial charge in [0.15, 0.2) is 0 Å². The molecular weight excluding hydrogens is 356 g/mol. The highest BCUT2D eigenvalue weighted by molar-refractivity contribution is 7.13. The number of amides is 1. The fourth-order valence-electron chi connectivity index (χ4n) is 2.52. The lowest BCUT2D eigenvalue weighted by molar-refractivity contribution is 0.0946. The molecule has 0 fully saturated rings. The zero-order valence-corrected chi connectivity index (χ0v) is 14.6. The topological polar surface area (TPSA) is 70.7 Å². The Hall–Kier alpha value is -2.70. The Morgan fingerprint density at radius 1 is 1.24 bits per heavy atom. The van der Waals surface area contributed by atoms with Crippen molar-refractivity contribution in [1.29, 1.82) is 0 Å². The molecule has 0 bridgehead atoms. The highest BCUT2D eigenvalue weighted by Gasteiger charge is 2.12. The van der Waals surface area contributed by atoms with E-state index in [1.165, 1.54) is 0 Å². The molecule has 3 heterocycles. The van der Waals surface area contributed by atoms with Gasteiger partial charge in [-0.25, -0.2) is 4.98 Å². The number of carbonyl (C=O) groups is 1. The number of halogens is 1. The van der Waals surface area contributed by atoms with Crippen LogP contribution in [0.3, 0.4) is 0 Å². The van der Waals surface area contributed by atoms with Gasteiger partial charge in [0.25, 0.3) is 5.91 Å². The second kappa shape index (κ2) is 6.66. The van der Waals surface area contributed by atoms with Crippen molar-refractivity contribution < 1.29 is 4.79 Å². The second-order valence-electron chi connectivity index (χ2n) is 5.45. The van der Waals surface area contributed by atoms with E-state index < -0.39 is 0 Å². The predicted molar refractivity (Wildman–Crippen MR) is 99.8 cm³/mol. The average molecular weight is 369 g/mol. The number of pyridine rings is 1. The van der Waals surface area contributed by atoms with E-state index >= 15 is 0 Å². The molecular formula is C18H13ClN4OS. The minimum absolute atomic E-state index is 0.189. The van der Waals surface area contributed by atoms with Crippen LogP contribution >= 0.6 is 22.9 Å². The van der Waals surface area contributed by atoms with E-state index in [0.29, 0.717) is 17.3 Å². The molecule has 0 aliphatic carbocycles. The van der Waals surface area contributed by atoms with Gasteiger partial charge in [-0.1, -0.05) is 23.7 Å². The summed E-state index contributed by atoms with van der Waals surface area (Å²) >= 11 is 7.67. The van der Waals surface area contributed by atoms with Crippen LogP contribution in [0.15, 0.2) is 54.2 Å². The lowest BCUT2D eigenvalue weighted by Gasteiger charge is -2.01. The number of aromatic amines is 1. The molecule has 25 heavy (non-hydrogen) atoms. The molecule has 0 spiro atoms. The van der Waals surface area contributed by atoms with Crippen LogP contribution < -0.4 is 5.32 Å². The first-order chi connectivity index (χ1) is 12.2. The third-order valence-electron chi connectivity index (χ3n) is 3.76. The van der Waals surface area contributed by atoms with Crippen molar-refractivity contribution in [3.8, 4) is 10.6 Å². The molecule has 0 saturated heterocycles. The SMILES string of the molecule is O=C(NCc1csc(-c2ccncc2)n1)c1cc2cccc(Cl)c2[nH]1. The van der Waals surface area contributed by atoms with E-state index in [1.807, 2.05) is 29.6 Å². The summed E-state index contributed by atoms with van der Waals surface area (Å²) in [5.74, 6) is -0.189. The summed E-state index contributed by atoms with van der Waals surface area (Å²) < 4.78 is 0. The smallest absolute Gasteiger partial charge is 0.268 e. The van der Waals surface area contributed by atoms with Gasteiger partial charge >= 0.3 is 0 Å². The maximum absolute atomic E-state index is 12.4. The van der Waals surface area contributed by atoms with Gasteiger partial charge in [0, 0.05) is 28.7 Å². The number of carbonyl (C=O) groups excluding carboxylic acids is 1. The summed E-state index contributed by atoms with van der Waals surface area (Å²) in [5.41, 5.74) is 3.08. The first kappa shape index (κ1) is 15.8. The summed E-state index contributed by atoms with van der Waals surface area (Å²) in [5, 5.41) is 7.23. The van der Waals surface area contributed by atoms with Crippen LogP contribution in [0.4, 0.5) is 0 Å². The number of nitrogens with one attached hydrogen (secondary N) is 2. The molecule has 0 aliphatic heterocycles. The first-order valence-electron chi connectivity index (χ1n) is 7.61. The number of rotatable bonds is 4. The predicted octanol–water partition coefficient (Wildman–Crippen LogP) is 4.27. The molecule has 0 aliphatic rings. The number of aromatic nitrogens is 3. The quantitative estimate of drug-likeness (QED) is 0.565. The van der Waals surface area contributed by atoms with Crippen molar-refractivity contribution in [3.63, 3.8) is 0 Å². The third kappa shape index (κ3) is 3.26. The summed E-state index contributed by atoms with van der Waals surface area (Å²) in [6.07, 6.45) is 3.47. The molecule has 5 nitrogen and oxygen atoms in total. The lowest BCUT2D eigenvalue weighted by atomic mass is 10.2. The third-order valence-corrected chi connectivity index (χ3v) is 5.01. The van der Waals surface area contributed by atoms with Crippen LogP contribution in [0.25, 0.3) is 21.5 Å². The Balaban J connectivity index is 1.46. The Bertz CT molecular complexity index is 1040. The van der Waals surface area contributed by atoms with Crippen molar-refractivity contribution in [2.75, 3.05) is 0 Å². The number of nitrogens with zero attached hydrogens (tertiary/aromatic N) is 2. The van der Waals surface area contributed by atoms with Gasteiger partial charge in [0.2, 0.25) is 0 Å². The van der Waals surface area contributed by atoms with Gasteiger partial charge in [-0.05, 0) is 24.3 Å². The zero-order valence-electron chi connectivity index (χ0n) is 13.0. The minimum Gasteiger partial charge on any atom is -0.349 e. The van der Waals surface area contributed by atoms with Crippen LogP contribution in [-0.2, 0) is 6.54 Å². The van der Waals surface area contributed by atoms with Gasteiger partial charge < -0.3 is 10.3 Å². The van der Waals surface area contributed by atoms with Gasteiger partial charge in [-0.2, -0.15) is 0 Å². The summed E-state index contributed by atoms with van der Waals surface area (Å²) in [7, 11) is 0. The summed E-state index contributed by atoms with van der Waals surface area (Å²) in [4.78, 5) is 24.0. The summed E-state index contributed by atoms with van der Waals surface area (Å²) in [6, 6.07) is 11.2. The van der Waals surface area contributed by atoms with Crippen LogP contribution in [0, 0.1) is 0 Å². The summed E-state index contributed by atoms with van der Waals surface area (Å²) in [6.45, 7) is 0.365. The number of thiazole rings is 1. The maximum Gasteiger partial charge on any atom is 0.268 e. The van der Waals surface area contributed by atoms with Crippen LogP contribution in [0.1, 0.15) is 16.2 Å². The highest BCUT2D eigenvalue weighted by Crippen LogP contribution is 2.24. The molecule has 124 valence electrons.